The second-order valence-corrected chi connectivity index (χ2v) is 7.10. The molecule has 0 atom stereocenters. The minimum Gasteiger partial charge on any atom is -0.454 e. The van der Waals surface area contributed by atoms with Crippen molar-refractivity contribution in [1.82, 2.24) is 14.7 Å². The van der Waals surface area contributed by atoms with Crippen LogP contribution in [-0.4, -0.2) is 72.6 Å². The van der Waals surface area contributed by atoms with E-state index in [1.807, 2.05) is 24.0 Å². The highest BCUT2D eigenvalue weighted by Gasteiger charge is 2.22. The van der Waals surface area contributed by atoms with Crippen LogP contribution < -0.4 is 9.47 Å². The molecule has 2 aliphatic heterocycles. The summed E-state index contributed by atoms with van der Waals surface area (Å²) >= 11 is 0. The lowest BCUT2D eigenvalue weighted by Gasteiger charge is -2.35. The minimum atomic E-state index is 0.0400. The normalized spacial score (nSPS) is 16.4. The summed E-state index contributed by atoms with van der Waals surface area (Å²) in [5.74, 6) is 1.79. The molecule has 7 heteroatoms. The van der Waals surface area contributed by atoms with Gasteiger partial charge >= 0.3 is 0 Å². The van der Waals surface area contributed by atoms with Crippen LogP contribution in [0.5, 0.6) is 11.5 Å². The van der Waals surface area contributed by atoms with E-state index in [4.69, 9.17) is 9.47 Å². The molecule has 0 aliphatic carbocycles. The highest BCUT2D eigenvalue weighted by molar-refractivity contribution is 5.78. The summed E-state index contributed by atoms with van der Waals surface area (Å²) in [4.78, 5) is 30.1. The Labute approximate surface area is 160 Å². The fourth-order valence-electron chi connectivity index (χ4n) is 3.54. The molecule has 2 heterocycles. The van der Waals surface area contributed by atoms with Crippen LogP contribution in [0.3, 0.4) is 0 Å². The molecule has 0 N–H and O–H groups in total. The molecule has 1 aromatic rings. The second kappa shape index (κ2) is 9.08. The van der Waals surface area contributed by atoms with Gasteiger partial charge in [0.2, 0.25) is 18.6 Å². The average molecular weight is 375 g/mol. The molecule has 0 spiro atoms. The van der Waals surface area contributed by atoms with Crippen molar-refractivity contribution < 1.29 is 19.1 Å². The third-order valence-corrected chi connectivity index (χ3v) is 5.10. The number of ether oxygens (including phenoxy) is 2. The number of nitrogens with zero attached hydrogens (tertiary/aromatic N) is 3. The number of piperazine rings is 1. The van der Waals surface area contributed by atoms with Crippen LogP contribution in [-0.2, 0) is 16.1 Å². The minimum absolute atomic E-state index is 0.0400. The van der Waals surface area contributed by atoms with Crippen molar-refractivity contribution in [2.75, 3.05) is 46.1 Å². The van der Waals surface area contributed by atoms with Gasteiger partial charge in [0.05, 0.1) is 0 Å². The molecular formula is C20H29N3O4. The second-order valence-electron chi connectivity index (χ2n) is 7.10. The molecule has 2 amide bonds. The Bertz CT molecular complexity index is 671. The first-order valence-electron chi connectivity index (χ1n) is 9.71. The van der Waals surface area contributed by atoms with E-state index in [0.29, 0.717) is 26.3 Å². The first kappa shape index (κ1) is 19.5. The molecule has 3 rings (SSSR count). The number of carbonyl (C=O) groups excluding carboxylic acids is 2. The van der Waals surface area contributed by atoms with Crippen molar-refractivity contribution in [1.29, 1.82) is 0 Å². The molecule has 1 fully saturated rings. The maximum Gasteiger partial charge on any atom is 0.231 e. The van der Waals surface area contributed by atoms with Crippen molar-refractivity contribution in [2.45, 2.75) is 33.2 Å². The topological polar surface area (TPSA) is 62.3 Å². The van der Waals surface area contributed by atoms with Crippen LogP contribution in [0.1, 0.15) is 32.3 Å². The first-order valence-corrected chi connectivity index (χ1v) is 9.71. The molecule has 1 aromatic carbocycles. The van der Waals surface area contributed by atoms with Gasteiger partial charge in [0.15, 0.2) is 11.5 Å². The van der Waals surface area contributed by atoms with Crippen LogP contribution in [0, 0.1) is 0 Å². The fraction of sp³-hybridized carbons (Fsp3) is 0.600. The zero-order valence-corrected chi connectivity index (χ0v) is 16.3. The molecular weight excluding hydrogens is 346 g/mol. The van der Waals surface area contributed by atoms with E-state index in [-0.39, 0.29) is 11.8 Å². The van der Waals surface area contributed by atoms with Gasteiger partial charge in [-0.3, -0.25) is 14.5 Å². The SMILES string of the molecule is CCCN(CCC(=O)N1CCN(Cc2ccc3c(c2)OCO3)CC1)C(C)=O. The summed E-state index contributed by atoms with van der Waals surface area (Å²) in [5, 5.41) is 0. The Morgan fingerprint density at radius 2 is 1.81 bits per heavy atom. The van der Waals surface area contributed by atoms with Crippen molar-refractivity contribution in [3.05, 3.63) is 23.8 Å². The highest BCUT2D eigenvalue weighted by atomic mass is 16.7. The zero-order chi connectivity index (χ0) is 19.2. The van der Waals surface area contributed by atoms with Gasteiger partial charge in [0, 0.05) is 59.2 Å². The summed E-state index contributed by atoms with van der Waals surface area (Å²) in [5.41, 5.74) is 1.19. The number of amides is 2. The monoisotopic (exact) mass is 375 g/mol. The smallest absolute Gasteiger partial charge is 0.231 e. The Kier molecular flexibility index (Phi) is 6.55. The number of benzene rings is 1. The van der Waals surface area contributed by atoms with Crippen LogP contribution in [0.15, 0.2) is 18.2 Å². The Balaban J connectivity index is 1.43. The van der Waals surface area contributed by atoms with Crippen molar-refractivity contribution in [3.8, 4) is 11.5 Å². The third-order valence-electron chi connectivity index (χ3n) is 5.10. The Hall–Kier alpha value is -2.28. The van der Waals surface area contributed by atoms with Gasteiger partial charge in [-0.15, -0.1) is 0 Å². The third kappa shape index (κ3) is 5.13. The highest BCUT2D eigenvalue weighted by Crippen LogP contribution is 2.32. The van der Waals surface area contributed by atoms with E-state index in [1.54, 1.807) is 11.8 Å². The summed E-state index contributed by atoms with van der Waals surface area (Å²) in [7, 11) is 0. The van der Waals surface area contributed by atoms with Crippen LogP contribution >= 0.6 is 0 Å². The predicted molar refractivity (Wildman–Crippen MR) is 102 cm³/mol. The number of hydrogen-bond donors (Lipinski definition) is 0. The molecule has 148 valence electrons. The number of hydrogen-bond acceptors (Lipinski definition) is 5. The number of fused-ring (bicyclic) bond motifs is 1. The van der Waals surface area contributed by atoms with Gasteiger partial charge in [-0.25, -0.2) is 0 Å². The van der Waals surface area contributed by atoms with Gasteiger partial charge in [-0.1, -0.05) is 13.0 Å². The lowest BCUT2D eigenvalue weighted by Crippen LogP contribution is -2.49. The van der Waals surface area contributed by atoms with Crippen molar-refractivity contribution >= 4 is 11.8 Å². The molecule has 1 saturated heterocycles. The quantitative estimate of drug-likeness (QED) is 0.726. The Morgan fingerprint density at radius 3 is 2.52 bits per heavy atom. The van der Waals surface area contributed by atoms with Gasteiger partial charge in [0.1, 0.15) is 0 Å². The summed E-state index contributed by atoms with van der Waals surface area (Å²) in [6.07, 6.45) is 1.31. The van der Waals surface area contributed by atoms with E-state index in [9.17, 15) is 9.59 Å². The Morgan fingerprint density at radius 1 is 1.07 bits per heavy atom. The molecule has 0 aromatic heterocycles. The van der Waals surface area contributed by atoms with Crippen molar-refractivity contribution in [2.24, 2.45) is 0 Å². The molecule has 27 heavy (non-hydrogen) atoms. The predicted octanol–water partition coefficient (Wildman–Crippen LogP) is 1.71. The van der Waals surface area contributed by atoms with Gasteiger partial charge in [-0.05, 0) is 24.1 Å². The summed E-state index contributed by atoms with van der Waals surface area (Å²) in [6.45, 7) is 9.13. The molecule has 0 radical (unpaired) electrons. The maximum atomic E-state index is 12.5. The molecule has 0 unspecified atom stereocenters. The molecule has 0 saturated carbocycles. The average Bonchev–Trinajstić information content (AvgIpc) is 3.13. The van der Waals surface area contributed by atoms with Crippen molar-refractivity contribution in [3.63, 3.8) is 0 Å². The van der Waals surface area contributed by atoms with Gasteiger partial charge in [-0.2, -0.15) is 0 Å². The van der Waals surface area contributed by atoms with Crippen LogP contribution in [0.4, 0.5) is 0 Å². The van der Waals surface area contributed by atoms with E-state index in [1.165, 1.54) is 5.56 Å². The standard InChI is InChI=1S/C20H29N3O4/c1-3-7-22(16(2)24)8-6-20(25)23-11-9-21(10-12-23)14-17-4-5-18-19(13-17)27-15-26-18/h4-5,13H,3,6-12,14-15H2,1-2H3. The van der Waals surface area contributed by atoms with Crippen LogP contribution in [0.25, 0.3) is 0 Å². The first-order chi connectivity index (χ1) is 13.1. The largest absolute Gasteiger partial charge is 0.454 e. The summed E-state index contributed by atoms with van der Waals surface area (Å²) < 4.78 is 10.8. The maximum absolute atomic E-state index is 12.5. The summed E-state index contributed by atoms with van der Waals surface area (Å²) in [6, 6.07) is 6.05. The van der Waals surface area contributed by atoms with E-state index < -0.39 is 0 Å². The van der Waals surface area contributed by atoms with Gasteiger partial charge < -0.3 is 19.3 Å². The molecule has 2 aliphatic rings. The van der Waals surface area contributed by atoms with E-state index >= 15 is 0 Å². The fourth-order valence-corrected chi connectivity index (χ4v) is 3.54. The van der Waals surface area contributed by atoms with Crippen LogP contribution in [0.2, 0.25) is 0 Å². The van der Waals surface area contributed by atoms with E-state index in [0.717, 1.165) is 50.6 Å². The lowest BCUT2D eigenvalue weighted by molar-refractivity contribution is -0.134. The van der Waals surface area contributed by atoms with Gasteiger partial charge in [0.25, 0.3) is 0 Å². The molecule has 7 nitrogen and oxygen atoms in total. The number of carbonyl (C=O) groups is 2. The zero-order valence-electron chi connectivity index (χ0n) is 16.3. The lowest BCUT2D eigenvalue weighted by atomic mass is 10.1. The molecule has 0 bridgehead atoms. The number of rotatable bonds is 7. The van der Waals surface area contributed by atoms with E-state index in [2.05, 4.69) is 11.0 Å².